The predicted molar refractivity (Wildman–Crippen MR) is 75.1 cm³/mol. The molecular weight excluding hydrogens is 252 g/mol. The van der Waals surface area contributed by atoms with Gasteiger partial charge in [-0.2, -0.15) is 0 Å². The van der Waals surface area contributed by atoms with E-state index >= 15 is 0 Å². The molecule has 3 rings (SSSR count). The molecule has 2 aromatic heterocycles. The number of nitrogens with zero attached hydrogens (tertiary/aromatic N) is 4. The molecule has 0 aromatic carbocycles. The highest BCUT2D eigenvalue weighted by Crippen LogP contribution is 2.19. The Labute approximate surface area is 118 Å². The maximum Gasteiger partial charge on any atom is 0.232 e. The van der Waals surface area contributed by atoms with E-state index in [4.69, 9.17) is 4.74 Å². The lowest BCUT2D eigenvalue weighted by atomic mass is 10.1. The first-order valence-electron chi connectivity index (χ1n) is 6.90. The number of rotatable bonds is 5. The summed E-state index contributed by atoms with van der Waals surface area (Å²) >= 11 is 0. The number of hydrogen-bond acceptors (Lipinski definition) is 5. The van der Waals surface area contributed by atoms with Crippen LogP contribution in [0.4, 0.5) is 0 Å². The van der Waals surface area contributed by atoms with E-state index in [2.05, 4.69) is 25.9 Å². The van der Waals surface area contributed by atoms with Gasteiger partial charge in [0, 0.05) is 43.8 Å². The summed E-state index contributed by atoms with van der Waals surface area (Å²) in [5, 5.41) is 0. The Kier molecular flexibility index (Phi) is 4.18. The first kappa shape index (κ1) is 13.0. The predicted octanol–water partition coefficient (Wildman–Crippen LogP) is 1.77. The second kappa shape index (κ2) is 6.43. The van der Waals surface area contributed by atoms with Crippen LogP contribution in [0.25, 0.3) is 0 Å². The summed E-state index contributed by atoms with van der Waals surface area (Å²) < 4.78 is 5.68. The fraction of sp³-hybridized carbons (Fsp3) is 0.400. The normalized spacial score (nSPS) is 19.1. The summed E-state index contributed by atoms with van der Waals surface area (Å²) in [5.74, 6) is 1.17. The lowest BCUT2D eigenvalue weighted by Gasteiger charge is -2.16. The van der Waals surface area contributed by atoms with Crippen LogP contribution in [0.15, 0.2) is 43.1 Å². The molecule has 2 aromatic rings. The van der Waals surface area contributed by atoms with Gasteiger partial charge >= 0.3 is 0 Å². The van der Waals surface area contributed by atoms with Crippen LogP contribution in [-0.2, 0) is 6.54 Å². The average molecular weight is 270 g/mol. The van der Waals surface area contributed by atoms with Crippen molar-refractivity contribution in [2.45, 2.75) is 13.0 Å². The van der Waals surface area contributed by atoms with Gasteiger partial charge in [-0.05, 0) is 24.6 Å². The quantitative estimate of drug-likeness (QED) is 0.829. The molecule has 0 bridgehead atoms. The molecule has 1 aliphatic heterocycles. The lowest BCUT2D eigenvalue weighted by molar-refractivity contribution is 0.231. The van der Waals surface area contributed by atoms with Gasteiger partial charge in [0.1, 0.15) is 0 Å². The smallest absolute Gasteiger partial charge is 0.232 e. The van der Waals surface area contributed by atoms with E-state index in [9.17, 15) is 0 Å². The topological polar surface area (TPSA) is 51.1 Å². The van der Waals surface area contributed by atoms with E-state index in [0.29, 0.717) is 18.4 Å². The summed E-state index contributed by atoms with van der Waals surface area (Å²) in [7, 11) is 0. The van der Waals surface area contributed by atoms with Crippen LogP contribution in [0.2, 0.25) is 0 Å². The van der Waals surface area contributed by atoms with Crippen molar-refractivity contribution in [3.63, 3.8) is 0 Å². The maximum absolute atomic E-state index is 5.68. The Balaban J connectivity index is 1.45. The molecule has 0 aliphatic carbocycles. The Morgan fingerprint density at radius 3 is 2.95 bits per heavy atom. The van der Waals surface area contributed by atoms with Crippen molar-refractivity contribution < 1.29 is 4.74 Å². The molecule has 5 heteroatoms. The van der Waals surface area contributed by atoms with E-state index in [0.717, 1.165) is 19.6 Å². The second-order valence-electron chi connectivity index (χ2n) is 5.11. The molecule has 1 atom stereocenters. The molecule has 1 fully saturated rings. The Morgan fingerprint density at radius 1 is 1.20 bits per heavy atom. The standard InChI is InChI=1S/C15H18N4O/c1-2-13(8-16-4-1)10-19-7-3-14(11-19)12-20-15-9-17-5-6-18-15/h1-2,4-6,8-9,14H,3,7,10-12H2. The zero-order valence-corrected chi connectivity index (χ0v) is 11.4. The van der Waals surface area contributed by atoms with Gasteiger partial charge in [0.25, 0.3) is 0 Å². The van der Waals surface area contributed by atoms with Gasteiger partial charge in [-0.1, -0.05) is 6.07 Å². The molecular formula is C15H18N4O. The minimum Gasteiger partial charge on any atom is -0.476 e. The Morgan fingerprint density at radius 2 is 2.15 bits per heavy atom. The third-order valence-corrected chi connectivity index (χ3v) is 3.51. The first-order valence-corrected chi connectivity index (χ1v) is 6.90. The number of hydrogen-bond donors (Lipinski definition) is 0. The van der Waals surface area contributed by atoms with Crippen molar-refractivity contribution in [2.24, 2.45) is 5.92 Å². The third kappa shape index (κ3) is 3.51. The van der Waals surface area contributed by atoms with Crippen molar-refractivity contribution in [3.8, 4) is 5.88 Å². The summed E-state index contributed by atoms with van der Waals surface area (Å²) in [6.45, 7) is 3.86. The van der Waals surface area contributed by atoms with Crippen LogP contribution in [0, 0.1) is 5.92 Å². The second-order valence-corrected chi connectivity index (χ2v) is 5.11. The monoisotopic (exact) mass is 270 g/mol. The van der Waals surface area contributed by atoms with E-state index in [1.807, 2.05) is 18.5 Å². The van der Waals surface area contributed by atoms with Gasteiger partial charge in [-0.3, -0.25) is 14.9 Å². The summed E-state index contributed by atoms with van der Waals surface area (Å²) in [5.41, 5.74) is 1.27. The number of likely N-dealkylation sites (tertiary alicyclic amines) is 1. The van der Waals surface area contributed by atoms with Crippen LogP contribution in [-0.4, -0.2) is 39.5 Å². The minimum atomic E-state index is 0.564. The first-order chi connectivity index (χ1) is 9.90. The Hall–Kier alpha value is -2.01. The third-order valence-electron chi connectivity index (χ3n) is 3.51. The highest BCUT2D eigenvalue weighted by Gasteiger charge is 2.23. The molecule has 0 saturated carbocycles. The summed E-state index contributed by atoms with van der Waals surface area (Å²) in [4.78, 5) is 14.7. The lowest BCUT2D eigenvalue weighted by Crippen LogP contribution is -2.22. The van der Waals surface area contributed by atoms with Crippen LogP contribution < -0.4 is 4.74 Å². The zero-order chi connectivity index (χ0) is 13.6. The number of aromatic nitrogens is 3. The largest absolute Gasteiger partial charge is 0.476 e. The van der Waals surface area contributed by atoms with Crippen LogP contribution in [0.1, 0.15) is 12.0 Å². The van der Waals surface area contributed by atoms with Gasteiger partial charge in [0.05, 0.1) is 12.8 Å². The van der Waals surface area contributed by atoms with Gasteiger partial charge in [-0.15, -0.1) is 0 Å². The molecule has 5 nitrogen and oxygen atoms in total. The van der Waals surface area contributed by atoms with Crippen molar-refractivity contribution in [2.75, 3.05) is 19.7 Å². The molecule has 1 saturated heterocycles. The van der Waals surface area contributed by atoms with Crippen LogP contribution >= 0.6 is 0 Å². The maximum atomic E-state index is 5.68. The van der Waals surface area contributed by atoms with Crippen molar-refractivity contribution in [1.29, 1.82) is 0 Å². The fourth-order valence-corrected chi connectivity index (χ4v) is 2.51. The van der Waals surface area contributed by atoms with Gasteiger partial charge in [0.15, 0.2) is 0 Å². The molecule has 0 radical (unpaired) electrons. The molecule has 0 spiro atoms. The van der Waals surface area contributed by atoms with E-state index in [1.54, 1.807) is 18.6 Å². The fourth-order valence-electron chi connectivity index (χ4n) is 2.51. The molecule has 20 heavy (non-hydrogen) atoms. The zero-order valence-electron chi connectivity index (χ0n) is 11.4. The molecule has 104 valence electrons. The molecule has 1 aliphatic rings. The molecule has 0 amide bonds. The molecule has 0 N–H and O–H groups in total. The summed E-state index contributed by atoms with van der Waals surface area (Å²) in [6, 6.07) is 4.11. The summed E-state index contributed by atoms with van der Waals surface area (Å²) in [6.07, 6.45) is 9.87. The van der Waals surface area contributed by atoms with E-state index in [-0.39, 0.29) is 0 Å². The van der Waals surface area contributed by atoms with Crippen molar-refractivity contribution >= 4 is 0 Å². The van der Waals surface area contributed by atoms with Crippen LogP contribution in [0.5, 0.6) is 5.88 Å². The van der Waals surface area contributed by atoms with Crippen molar-refractivity contribution in [1.82, 2.24) is 19.9 Å². The van der Waals surface area contributed by atoms with Gasteiger partial charge in [0.2, 0.25) is 5.88 Å². The van der Waals surface area contributed by atoms with E-state index < -0.39 is 0 Å². The highest BCUT2D eigenvalue weighted by molar-refractivity contribution is 5.08. The van der Waals surface area contributed by atoms with Crippen molar-refractivity contribution in [3.05, 3.63) is 48.7 Å². The SMILES string of the molecule is c1cncc(CN2CCC(COc3cnccn3)C2)c1. The van der Waals surface area contributed by atoms with Gasteiger partial charge < -0.3 is 4.74 Å². The van der Waals surface area contributed by atoms with Gasteiger partial charge in [-0.25, -0.2) is 4.98 Å². The minimum absolute atomic E-state index is 0.564. The highest BCUT2D eigenvalue weighted by atomic mass is 16.5. The Bertz CT molecular complexity index is 520. The average Bonchev–Trinajstić information content (AvgIpc) is 2.95. The molecule has 3 heterocycles. The van der Waals surface area contributed by atoms with Crippen LogP contribution in [0.3, 0.4) is 0 Å². The molecule has 1 unspecified atom stereocenters. The number of ether oxygens (including phenoxy) is 1. The number of pyridine rings is 1. The van der Waals surface area contributed by atoms with E-state index in [1.165, 1.54) is 12.0 Å².